The molecule has 0 amide bonds. The Morgan fingerprint density at radius 3 is 2.47 bits per heavy atom. The van der Waals surface area contributed by atoms with Crippen molar-refractivity contribution in [3.05, 3.63) is 23.3 Å². The third-order valence-electron chi connectivity index (χ3n) is 3.33. The summed E-state index contributed by atoms with van der Waals surface area (Å²) in [7, 11) is 4.80. The van der Waals surface area contributed by atoms with Gasteiger partial charge in [0.05, 0.1) is 20.8 Å². The number of ether oxygens (including phenoxy) is 3. The zero-order valence-corrected chi connectivity index (χ0v) is 11.4. The van der Waals surface area contributed by atoms with E-state index in [-0.39, 0.29) is 0 Å². The lowest BCUT2D eigenvalue weighted by atomic mass is 10.0. The molecule has 1 aromatic carbocycles. The van der Waals surface area contributed by atoms with Crippen LogP contribution in [0.4, 0.5) is 0 Å². The molecule has 1 saturated carbocycles. The highest BCUT2D eigenvalue weighted by atomic mass is 16.5. The predicted molar refractivity (Wildman–Crippen MR) is 69.3 cm³/mol. The van der Waals surface area contributed by atoms with Crippen LogP contribution in [-0.4, -0.2) is 27.4 Å². The number of isocyanates is 1. The van der Waals surface area contributed by atoms with Crippen LogP contribution < -0.4 is 9.47 Å². The molecule has 5 heteroatoms. The summed E-state index contributed by atoms with van der Waals surface area (Å²) in [6.07, 6.45) is 3.29. The highest BCUT2D eigenvalue weighted by molar-refractivity contribution is 5.55. The van der Waals surface area contributed by atoms with E-state index in [0.29, 0.717) is 18.1 Å². The zero-order chi connectivity index (χ0) is 13.9. The average molecular weight is 263 g/mol. The summed E-state index contributed by atoms with van der Waals surface area (Å²) in [5.41, 5.74) is 1.33. The minimum absolute atomic E-state index is 0.467. The van der Waals surface area contributed by atoms with Crippen LogP contribution in [-0.2, 0) is 21.7 Å². The van der Waals surface area contributed by atoms with E-state index in [9.17, 15) is 4.79 Å². The van der Waals surface area contributed by atoms with Crippen molar-refractivity contribution in [2.24, 2.45) is 4.99 Å². The van der Waals surface area contributed by atoms with Crippen molar-refractivity contribution in [2.45, 2.75) is 25.0 Å². The number of hydrogen-bond donors (Lipinski definition) is 0. The Bertz CT molecular complexity index is 516. The molecule has 1 aliphatic rings. The number of nitrogens with zero attached hydrogens (tertiary/aromatic N) is 1. The monoisotopic (exact) mass is 263 g/mol. The van der Waals surface area contributed by atoms with Crippen LogP contribution in [0.5, 0.6) is 11.5 Å². The molecule has 5 nitrogen and oxygen atoms in total. The SMILES string of the molecule is COCc1cc(OC)c(OC)c(C2(N=C=O)CC2)c1. The molecule has 1 aromatic rings. The third-order valence-corrected chi connectivity index (χ3v) is 3.33. The fourth-order valence-corrected chi connectivity index (χ4v) is 2.26. The maximum Gasteiger partial charge on any atom is 0.235 e. The van der Waals surface area contributed by atoms with Crippen LogP contribution in [0.2, 0.25) is 0 Å². The Morgan fingerprint density at radius 1 is 1.26 bits per heavy atom. The van der Waals surface area contributed by atoms with Gasteiger partial charge in [0, 0.05) is 12.7 Å². The molecule has 0 aromatic heterocycles. The Kier molecular flexibility index (Phi) is 3.88. The maximum atomic E-state index is 10.6. The Hall–Kier alpha value is -1.84. The molecule has 102 valence electrons. The standard InChI is InChI=1S/C14H17NO4/c1-17-8-10-6-11(14(4-5-14)15-9-16)13(19-3)12(7-10)18-2/h6-7H,4-5,8H2,1-3H3. The van der Waals surface area contributed by atoms with E-state index in [1.54, 1.807) is 27.4 Å². The van der Waals surface area contributed by atoms with Crippen molar-refractivity contribution in [3.8, 4) is 11.5 Å². The summed E-state index contributed by atoms with van der Waals surface area (Å²) in [6, 6.07) is 3.82. The van der Waals surface area contributed by atoms with Crippen LogP contribution in [0, 0.1) is 0 Å². The minimum atomic E-state index is -0.496. The van der Waals surface area contributed by atoms with Crippen LogP contribution in [0.1, 0.15) is 24.0 Å². The van der Waals surface area contributed by atoms with Gasteiger partial charge in [0.2, 0.25) is 6.08 Å². The molecule has 0 aliphatic heterocycles. The molecular weight excluding hydrogens is 246 g/mol. The molecule has 0 unspecified atom stereocenters. The van der Waals surface area contributed by atoms with Crippen molar-refractivity contribution in [2.75, 3.05) is 21.3 Å². The Balaban J connectivity index is 2.56. The fraction of sp³-hybridized carbons (Fsp3) is 0.500. The van der Waals surface area contributed by atoms with Gasteiger partial charge in [0.1, 0.15) is 5.54 Å². The van der Waals surface area contributed by atoms with Gasteiger partial charge in [0.25, 0.3) is 0 Å². The van der Waals surface area contributed by atoms with E-state index in [4.69, 9.17) is 14.2 Å². The van der Waals surface area contributed by atoms with Gasteiger partial charge in [-0.2, -0.15) is 4.99 Å². The average Bonchev–Trinajstić information content (AvgIpc) is 3.19. The first-order valence-electron chi connectivity index (χ1n) is 6.04. The number of hydrogen-bond acceptors (Lipinski definition) is 5. The molecule has 2 rings (SSSR count). The summed E-state index contributed by atoms with van der Waals surface area (Å²) >= 11 is 0. The maximum absolute atomic E-state index is 10.6. The molecule has 0 saturated heterocycles. The van der Waals surface area contributed by atoms with Gasteiger partial charge in [-0.15, -0.1) is 0 Å². The third kappa shape index (κ3) is 2.48. The molecule has 0 N–H and O–H groups in total. The summed E-state index contributed by atoms with van der Waals surface area (Å²) < 4.78 is 15.9. The second-order valence-electron chi connectivity index (χ2n) is 4.55. The molecule has 0 spiro atoms. The van der Waals surface area contributed by atoms with Gasteiger partial charge < -0.3 is 14.2 Å². The summed E-state index contributed by atoms with van der Waals surface area (Å²) in [5, 5.41) is 0. The molecule has 0 atom stereocenters. The van der Waals surface area contributed by atoms with Gasteiger partial charge in [-0.1, -0.05) is 0 Å². The first-order chi connectivity index (χ1) is 9.20. The van der Waals surface area contributed by atoms with Gasteiger partial charge in [-0.25, -0.2) is 4.79 Å². The smallest absolute Gasteiger partial charge is 0.235 e. The van der Waals surface area contributed by atoms with Crippen LogP contribution in [0.15, 0.2) is 17.1 Å². The van der Waals surface area contributed by atoms with E-state index in [1.165, 1.54) is 0 Å². The molecule has 1 aliphatic carbocycles. The second kappa shape index (κ2) is 5.43. The quantitative estimate of drug-likeness (QED) is 0.583. The van der Waals surface area contributed by atoms with Crippen molar-refractivity contribution in [1.29, 1.82) is 0 Å². The highest BCUT2D eigenvalue weighted by Gasteiger charge is 2.47. The van der Waals surface area contributed by atoms with Gasteiger partial charge >= 0.3 is 0 Å². The topological polar surface area (TPSA) is 57.1 Å². The van der Waals surface area contributed by atoms with E-state index in [1.807, 2.05) is 12.1 Å². The van der Waals surface area contributed by atoms with E-state index in [0.717, 1.165) is 24.0 Å². The summed E-state index contributed by atoms with van der Waals surface area (Å²) in [4.78, 5) is 14.6. The number of aliphatic imine (C=N–C) groups is 1. The molecule has 19 heavy (non-hydrogen) atoms. The Labute approximate surface area is 112 Å². The number of rotatable bonds is 6. The number of methoxy groups -OCH3 is 3. The highest BCUT2D eigenvalue weighted by Crippen LogP contribution is 2.54. The van der Waals surface area contributed by atoms with Crippen molar-refractivity contribution < 1.29 is 19.0 Å². The molecule has 0 bridgehead atoms. The lowest BCUT2D eigenvalue weighted by Crippen LogP contribution is -2.08. The van der Waals surface area contributed by atoms with E-state index in [2.05, 4.69) is 4.99 Å². The minimum Gasteiger partial charge on any atom is -0.493 e. The predicted octanol–water partition coefficient (Wildman–Crippen LogP) is 2.18. The van der Waals surface area contributed by atoms with Crippen LogP contribution in [0.3, 0.4) is 0 Å². The van der Waals surface area contributed by atoms with Crippen molar-refractivity contribution in [3.63, 3.8) is 0 Å². The van der Waals surface area contributed by atoms with Gasteiger partial charge in [-0.3, -0.25) is 0 Å². The molecule has 1 fully saturated rings. The van der Waals surface area contributed by atoms with Crippen molar-refractivity contribution in [1.82, 2.24) is 0 Å². The van der Waals surface area contributed by atoms with Gasteiger partial charge in [0.15, 0.2) is 11.5 Å². The summed E-state index contributed by atoms with van der Waals surface area (Å²) in [6.45, 7) is 0.467. The zero-order valence-electron chi connectivity index (χ0n) is 11.4. The van der Waals surface area contributed by atoms with Gasteiger partial charge in [-0.05, 0) is 30.5 Å². The molecule has 0 radical (unpaired) electrons. The first kappa shape index (κ1) is 13.6. The number of benzene rings is 1. The van der Waals surface area contributed by atoms with E-state index >= 15 is 0 Å². The van der Waals surface area contributed by atoms with Crippen LogP contribution >= 0.6 is 0 Å². The normalized spacial score (nSPS) is 15.5. The van der Waals surface area contributed by atoms with Crippen LogP contribution in [0.25, 0.3) is 0 Å². The Morgan fingerprint density at radius 2 is 2.00 bits per heavy atom. The molecular formula is C14H17NO4. The first-order valence-corrected chi connectivity index (χ1v) is 6.04. The lowest BCUT2D eigenvalue weighted by molar-refractivity contribution is 0.184. The largest absolute Gasteiger partial charge is 0.493 e. The van der Waals surface area contributed by atoms with Crippen molar-refractivity contribution >= 4 is 6.08 Å². The molecule has 0 heterocycles. The lowest BCUT2D eigenvalue weighted by Gasteiger charge is -2.18. The fourth-order valence-electron chi connectivity index (χ4n) is 2.26. The van der Waals surface area contributed by atoms with E-state index < -0.39 is 5.54 Å². The second-order valence-corrected chi connectivity index (χ2v) is 4.55. The number of carbonyl (C=O) groups excluding carboxylic acids is 1. The summed E-state index contributed by atoms with van der Waals surface area (Å²) in [5.74, 6) is 1.25.